The second kappa shape index (κ2) is 7.95. The number of benzene rings is 1. The number of pyridine rings is 1. The maximum absolute atomic E-state index is 13.1. The highest BCUT2D eigenvalue weighted by atomic mass is 16.5. The molecule has 3 aromatic rings. The normalized spacial score (nSPS) is 16.1. The first kappa shape index (κ1) is 19.0. The van der Waals surface area contributed by atoms with E-state index in [-0.39, 0.29) is 12.0 Å². The number of carbonyl (C=O) groups is 1. The van der Waals surface area contributed by atoms with Crippen molar-refractivity contribution in [3.63, 3.8) is 0 Å². The number of amides is 1. The smallest absolute Gasteiger partial charge is 0.272 e. The van der Waals surface area contributed by atoms with Gasteiger partial charge in [-0.25, -0.2) is 4.98 Å². The monoisotopic (exact) mass is 392 g/mol. The van der Waals surface area contributed by atoms with Gasteiger partial charge in [-0.1, -0.05) is 18.2 Å². The number of rotatable bonds is 5. The van der Waals surface area contributed by atoms with Crippen LogP contribution in [0.25, 0.3) is 11.3 Å². The van der Waals surface area contributed by atoms with Crippen LogP contribution in [0.5, 0.6) is 11.6 Å². The van der Waals surface area contributed by atoms with Crippen LogP contribution in [0.1, 0.15) is 22.6 Å². The third-order valence-electron chi connectivity index (χ3n) is 5.06. The first-order chi connectivity index (χ1) is 14.0. The topological polar surface area (TPSA) is 69.5 Å². The average Bonchev–Trinajstić information content (AvgIpc) is 3.34. The van der Waals surface area contributed by atoms with Crippen LogP contribution in [0.15, 0.2) is 48.5 Å². The zero-order valence-electron chi connectivity index (χ0n) is 16.8. The molecule has 1 unspecified atom stereocenters. The van der Waals surface area contributed by atoms with Crippen LogP contribution in [-0.2, 0) is 7.05 Å². The Hall–Kier alpha value is -3.35. The van der Waals surface area contributed by atoms with Crippen molar-refractivity contribution in [2.24, 2.45) is 7.05 Å². The maximum Gasteiger partial charge on any atom is 0.272 e. The Morgan fingerprint density at radius 3 is 2.79 bits per heavy atom. The number of nitrogens with zero attached hydrogens (tertiary/aromatic N) is 4. The second-order valence-corrected chi connectivity index (χ2v) is 7.14. The number of hydrogen-bond acceptors (Lipinski definition) is 5. The minimum absolute atomic E-state index is 0.0514. The summed E-state index contributed by atoms with van der Waals surface area (Å²) in [5, 5.41) is 4.53. The van der Waals surface area contributed by atoms with Gasteiger partial charge in [0.25, 0.3) is 5.91 Å². The quantitative estimate of drug-likeness (QED) is 0.667. The molecule has 0 aliphatic carbocycles. The number of carbonyl (C=O) groups excluding carboxylic acids is 1. The fourth-order valence-electron chi connectivity index (χ4n) is 3.58. The summed E-state index contributed by atoms with van der Waals surface area (Å²) in [6.07, 6.45) is 0.716. The number of ether oxygens (including phenoxy) is 2. The molecular weight excluding hydrogens is 368 g/mol. The van der Waals surface area contributed by atoms with Gasteiger partial charge in [0, 0.05) is 37.3 Å². The molecule has 1 atom stereocenters. The third-order valence-corrected chi connectivity index (χ3v) is 5.06. The highest BCUT2D eigenvalue weighted by Crippen LogP contribution is 2.29. The van der Waals surface area contributed by atoms with Gasteiger partial charge in [0.15, 0.2) is 0 Å². The van der Waals surface area contributed by atoms with Gasteiger partial charge in [-0.15, -0.1) is 0 Å². The molecule has 1 saturated heterocycles. The van der Waals surface area contributed by atoms with E-state index in [0.717, 1.165) is 23.4 Å². The second-order valence-electron chi connectivity index (χ2n) is 7.14. The lowest BCUT2D eigenvalue weighted by atomic mass is 10.1. The summed E-state index contributed by atoms with van der Waals surface area (Å²) in [5.74, 6) is 1.28. The molecule has 0 saturated carbocycles. The summed E-state index contributed by atoms with van der Waals surface area (Å²) in [5.41, 5.74) is 3.02. The molecule has 150 valence electrons. The molecule has 1 fully saturated rings. The minimum Gasteiger partial charge on any atom is -0.496 e. The third kappa shape index (κ3) is 3.94. The van der Waals surface area contributed by atoms with Crippen molar-refractivity contribution >= 4 is 5.91 Å². The zero-order chi connectivity index (χ0) is 20.4. The van der Waals surface area contributed by atoms with E-state index >= 15 is 0 Å². The first-order valence-corrected chi connectivity index (χ1v) is 9.62. The molecule has 7 nitrogen and oxygen atoms in total. The number of methoxy groups -OCH3 is 1. The van der Waals surface area contributed by atoms with E-state index in [2.05, 4.69) is 10.1 Å². The molecule has 1 aliphatic rings. The fourth-order valence-corrected chi connectivity index (χ4v) is 3.58. The Morgan fingerprint density at radius 1 is 1.17 bits per heavy atom. The lowest BCUT2D eigenvalue weighted by molar-refractivity contribution is 0.0760. The summed E-state index contributed by atoms with van der Waals surface area (Å²) in [4.78, 5) is 19.3. The summed E-state index contributed by atoms with van der Waals surface area (Å²) in [6, 6.07) is 15.2. The van der Waals surface area contributed by atoms with Crippen molar-refractivity contribution in [2.45, 2.75) is 19.4 Å². The lowest BCUT2D eigenvalue weighted by Gasteiger charge is -2.17. The molecule has 7 heteroatoms. The van der Waals surface area contributed by atoms with E-state index in [1.54, 1.807) is 18.8 Å². The van der Waals surface area contributed by atoms with Crippen molar-refractivity contribution in [2.75, 3.05) is 20.2 Å². The Kier molecular flexibility index (Phi) is 5.20. The molecule has 0 radical (unpaired) electrons. The molecule has 0 spiro atoms. The number of para-hydroxylation sites is 1. The molecule has 0 N–H and O–H groups in total. The molecule has 2 aromatic heterocycles. The predicted octanol–water partition coefficient (Wildman–Crippen LogP) is 3.09. The highest BCUT2D eigenvalue weighted by Gasteiger charge is 2.30. The predicted molar refractivity (Wildman–Crippen MR) is 109 cm³/mol. The van der Waals surface area contributed by atoms with Crippen molar-refractivity contribution in [1.82, 2.24) is 19.7 Å². The van der Waals surface area contributed by atoms with Crippen molar-refractivity contribution in [3.8, 4) is 22.9 Å². The Balaban J connectivity index is 1.48. The van der Waals surface area contributed by atoms with Gasteiger partial charge < -0.3 is 14.4 Å². The SMILES string of the molecule is COc1ccccc1-c1cc(C(=O)N2CCC(Oc3cccc(C)n3)C2)n(C)n1. The van der Waals surface area contributed by atoms with Crippen LogP contribution in [0.3, 0.4) is 0 Å². The average molecular weight is 392 g/mol. The largest absolute Gasteiger partial charge is 0.496 e. The van der Waals surface area contributed by atoms with Gasteiger partial charge in [0.1, 0.15) is 17.5 Å². The molecule has 1 aliphatic heterocycles. The fraction of sp³-hybridized carbons (Fsp3) is 0.318. The number of likely N-dealkylation sites (tertiary alicyclic amines) is 1. The van der Waals surface area contributed by atoms with Gasteiger partial charge in [0.05, 0.1) is 19.3 Å². The number of hydrogen-bond donors (Lipinski definition) is 0. The highest BCUT2D eigenvalue weighted by molar-refractivity contribution is 5.94. The number of aryl methyl sites for hydroxylation is 2. The number of aromatic nitrogens is 3. The van der Waals surface area contributed by atoms with E-state index in [4.69, 9.17) is 9.47 Å². The molecule has 1 amide bonds. The van der Waals surface area contributed by atoms with Gasteiger partial charge in [-0.2, -0.15) is 5.10 Å². The molecule has 3 heterocycles. The van der Waals surface area contributed by atoms with Gasteiger partial charge in [-0.3, -0.25) is 9.48 Å². The molecule has 4 rings (SSSR count). The summed E-state index contributed by atoms with van der Waals surface area (Å²) in [7, 11) is 3.41. The van der Waals surface area contributed by atoms with Crippen molar-refractivity contribution < 1.29 is 14.3 Å². The van der Waals surface area contributed by atoms with E-state index in [9.17, 15) is 4.79 Å². The summed E-state index contributed by atoms with van der Waals surface area (Å²) < 4.78 is 13.0. The Labute approximate surface area is 169 Å². The van der Waals surface area contributed by atoms with Gasteiger partial charge >= 0.3 is 0 Å². The van der Waals surface area contributed by atoms with E-state index in [0.29, 0.717) is 30.4 Å². The van der Waals surface area contributed by atoms with Gasteiger partial charge in [-0.05, 0) is 31.2 Å². The zero-order valence-corrected chi connectivity index (χ0v) is 16.8. The van der Waals surface area contributed by atoms with Crippen LogP contribution in [0, 0.1) is 6.92 Å². The van der Waals surface area contributed by atoms with Crippen LogP contribution in [-0.4, -0.2) is 51.9 Å². The van der Waals surface area contributed by atoms with E-state index in [1.807, 2.05) is 60.4 Å². The Morgan fingerprint density at radius 2 is 2.00 bits per heavy atom. The molecule has 1 aromatic carbocycles. The molecule has 29 heavy (non-hydrogen) atoms. The minimum atomic E-state index is -0.0600. The van der Waals surface area contributed by atoms with E-state index < -0.39 is 0 Å². The van der Waals surface area contributed by atoms with Crippen LogP contribution in [0.2, 0.25) is 0 Å². The van der Waals surface area contributed by atoms with Crippen LogP contribution >= 0.6 is 0 Å². The van der Waals surface area contributed by atoms with Crippen LogP contribution in [0.4, 0.5) is 0 Å². The lowest BCUT2D eigenvalue weighted by Crippen LogP contribution is -2.32. The summed E-state index contributed by atoms with van der Waals surface area (Å²) >= 11 is 0. The maximum atomic E-state index is 13.1. The summed E-state index contributed by atoms with van der Waals surface area (Å²) in [6.45, 7) is 3.10. The van der Waals surface area contributed by atoms with Gasteiger partial charge in [0.2, 0.25) is 5.88 Å². The first-order valence-electron chi connectivity index (χ1n) is 9.62. The van der Waals surface area contributed by atoms with Crippen molar-refractivity contribution in [1.29, 1.82) is 0 Å². The Bertz CT molecular complexity index is 1030. The molecular formula is C22H24N4O3. The van der Waals surface area contributed by atoms with E-state index in [1.165, 1.54) is 0 Å². The van der Waals surface area contributed by atoms with Crippen molar-refractivity contribution in [3.05, 3.63) is 59.9 Å². The molecule has 0 bridgehead atoms. The standard InChI is InChI=1S/C22H24N4O3/c1-15-7-6-10-21(23-15)29-16-11-12-26(14-16)22(27)19-13-18(24-25(19)2)17-8-4-5-9-20(17)28-3/h4-10,13,16H,11-12,14H2,1-3H3. The van der Waals surface area contributed by atoms with Crippen LogP contribution < -0.4 is 9.47 Å².